The largest absolute Gasteiger partial charge is 0.459 e. The van der Waals surface area contributed by atoms with Crippen LogP contribution in [-0.2, 0) is 0 Å². The molecule has 5 nitrogen and oxygen atoms in total. The van der Waals surface area contributed by atoms with Gasteiger partial charge in [0.25, 0.3) is 5.91 Å². The molecule has 23 heavy (non-hydrogen) atoms. The van der Waals surface area contributed by atoms with Gasteiger partial charge in [-0.15, -0.1) is 0 Å². The van der Waals surface area contributed by atoms with Crippen LogP contribution in [0.4, 0.5) is 0 Å². The molecule has 1 aromatic heterocycles. The Kier molecular flexibility index (Phi) is 5.38. The molecule has 1 unspecified atom stereocenters. The summed E-state index contributed by atoms with van der Waals surface area (Å²) in [6, 6.07) is 3.95. The Labute approximate surface area is 139 Å². The fourth-order valence-corrected chi connectivity index (χ4v) is 4.19. The zero-order valence-electron chi connectivity index (χ0n) is 14.3. The van der Waals surface area contributed by atoms with E-state index in [9.17, 15) is 4.79 Å². The van der Waals surface area contributed by atoms with Gasteiger partial charge >= 0.3 is 0 Å². The van der Waals surface area contributed by atoms with Crippen molar-refractivity contribution in [1.29, 1.82) is 0 Å². The molecule has 5 heteroatoms. The van der Waals surface area contributed by atoms with Crippen LogP contribution >= 0.6 is 0 Å². The second-order valence-electron chi connectivity index (χ2n) is 6.87. The molecule has 2 bridgehead atoms. The lowest BCUT2D eigenvalue weighted by molar-refractivity contribution is -0.0105. The van der Waals surface area contributed by atoms with E-state index in [0.29, 0.717) is 11.8 Å². The van der Waals surface area contributed by atoms with Gasteiger partial charge in [0.15, 0.2) is 5.76 Å². The van der Waals surface area contributed by atoms with Crippen molar-refractivity contribution < 1.29 is 9.21 Å². The molecule has 128 valence electrons. The molecule has 0 aliphatic carbocycles. The van der Waals surface area contributed by atoms with E-state index in [4.69, 9.17) is 4.42 Å². The van der Waals surface area contributed by atoms with Crippen LogP contribution in [0.1, 0.15) is 37.2 Å². The quantitative estimate of drug-likeness (QED) is 0.836. The first-order valence-corrected chi connectivity index (χ1v) is 8.99. The minimum atomic E-state index is -0.0997. The van der Waals surface area contributed by atoms with E-state index in [-0.39, 0.29) is 5.91 Å². The fourth-order valence-electron chi connectivity index (χ4n) is 4.19. The van der Waals surface area contributed by atoms with Gasteiger partial charge in [-0.1, -0.05) is 13.8 Å². The number of hydrogen-bond acceptors (Lipinski definition) is 4. The van der Waals surface area contributed by atoms with Crippen LogP contribution in [-0.4, -0.2) is 61.0 Å². The second-order valence-corrected chi connectivity index (χ2v) is 6.87. The molecular formula is C18H29N3O2. The van der Waals surface area contributed by atoms with E-state index in [1.54, 1.807) is 18.4 Å². The normalized spacial score (nSPS) is 29.9. The summed E-state index contributed by atoms with van der Waals surface area (Å²) in [5.74, 6) is 1.91. The minimum absolute atomic E-state index is 0.0997. The molecule has 0 spiro atoms. The van der Waals surface area contributed by atoms with Gasteiger partial charge < -0.3 is 14.6 Å². The summed E-state index contributed by atoms with van der Waals surface area (Å²) in [5, 5.41) is 3.03. The average Bonchev–Trinajstić information content (AvgIpc) is 3.13. The number of piperidine rings is 3. The molecule has 1 aromatic rings. The van der Waals surface area contributed by atoms with E-state index in [0.717, 1.165) is 31.5 Å². The first-order valence-electron chi connectivity index (χ1n) is 8.99. The number of carbonyl (C=O) groups excluding carboxylic acids is 1. The van der Waals surface area contributed by atoms with Gasteiger partial charge in [-0.25, -0.2) is 0 Å². The predicted octanol–water partition coefficient (Wildman–Crippen LogP) is 2.06. The lowest BCUT2D eigenvalue weighted by Gasteiger charge is -2.50. The number of nitrogens with zero attached hydrogens (tertiary/aromatic N) is 2. The number of fused-ring (bicyclic) bond motifs is 3. The van der Waals surface area contributed by atoms with Gasteiger partial charge in [0, 0.05) is 25.7 Å². The summed E-state index contributed by atoms with van der Waals surface area (Å²) in [5.41, 5.74) is 0. The molecular weight excluding hydrogens is 290 g/mol. The van der Waals surface area contributed by atoms with Crippen molar-refractivity contribution in [2.24, 2.45) is 11.8 Å². The number of nitrogens with one attached hydrogen (secondary N) is 1. The Morgan fingerprint density at radius 2 is 2.26 bits per heavy atom. The lowest BCUT2D eigenvalue weighted by atomic mass is 9.75. The molecule has 4 heterocycles. The van der Waals surface area contributed by atoms with Gasteiger partial charge in [-0.2, -0.15) is 0 Å². The molecule has 4 rings (SSSR count). The molecule has 3 aliphatic heterocycles. The van der Waals surface area contributed by atoms with Gasteiger partial charge in [0.05, 0.1) is 6.26 Å². The Hall–Kier alpha value is -1.33. The number of amides is 1. The predicted molar refractivity (Wildman–Crippen MR) is 90.4 cm³/mol. The molecule has 3 saturated heterocycles. The highest BCUT2D eigenvalue weighted by atomic mass is 16.3. The number of furan rings is 1. The standard InChI is InChI=1S/C18H29N3O2/c1-3-20(4-2)12-15-13-21-8-7-14(15)10-16(21)11-19-18(22)17-6-5-9-23-17/h5-6,9,14-16H,3-4,7-8,10-13H2,1-2H3,(H,19,22)/t14-,15-,16+/m0/s1. The molecule has 0 saturated carbocycles. The molecule has 3 aliphatic rings. The van der Waals surface area contributed by atoms with Gasteiger partial charge in [-0.3, -0.25) is 9.69 Å². The smallest absolute Gasteiger partial charge is 0.287 e. The van der Waals surface area contributed by atoms with Crippen LogP contribution in [0, 0.1) is 11.8 Å². The maximum Gasteiger partial charge on any atom is 0.287 e. The van der Waals surface area contributed by atoms with Crippen molar-refractivity contribution in [3.63, 3.8) is 0 Å². The first kappa shape index (κ1) is 16.5. The van der Waals surface area contributed by atoms with Crippen molar-refractivity contribution in [1.82, 2.24) is 15.1 Å². The SMILES string of the molecule is CCN(CC)C[C@H]1CN2CC[C@H]1C[C@@H]2CNC(=O)c1ccco1. The van der Waals surface area contributed by atoms with Crippen molar-refractivity contribution >= 4 is 5.91 Å². The van der Waals surface area contributed by atoms with Crippen molar-refractivity contribution in [3.8, 4) is 0 Å². The summed E-state index contributed by atoms with van der Waals surface area (Å²) in [6.45, 7) is 11.1. The number of rotatable bonds is 7. The fraction of sp³-hybridized carbons (Fsp3) is 0.722. The minimum Gasteiger partial charge on any atom is -0.459 e. The summed E-state index contributed by atoms with van der Waals surface area (Å²) in [6.07, 6.45) is 4.07. The van der Waals surface area contributed by atoms with E-state index in [1.807, 2.05) is 0 Å². The Morgan fingerprint density at radius 3 is 2.87 bits per heavy atom. The lowest BCUT2D eigenvalue weighted by Crippen LogP contribution is -2.58. The van der Waals surface area contributed by atoms with Crippen molar-refractivity contribution in [3.05, 3.63) is 24.2 Å². The first-order chi connectivity index (χ1) is 11.2. The van der Waals surface area contributed by atoms with Gasteiger partial charge in [0.2, 0.25) is 0 Å². The Morgan fingerprint density at radius 1 is 1.43 bits per heavy atom. The monoisotopic (exact) mass is 319 g/mol. The van der Waals surface area contributed by atoms with E-state index < -0.39 is 0 Å². The zero-order valence-corrected chi connectivity index (χ0v) is 14.3. The average molecular weight is 319 g/mol. The second kappa shape index (κ2) is 7.49. The Balaban J connectivity index is 1.50. The highest BCUT2D eigenvalue weighted by Crippen LogP contribution is 2.36. The van der Waals surface area contributed by atoms with E-state index in [1.165, 1.54) is 32.5 Å². The molecule has 3 fully saturated rings. The van der Waals surface area contributed by atoms with E-state index in [2.05, 4.69) is 29.0 Å². The van der Waals surface area contributed by atoms with Crippen LogP contribution in [0.3, 0.4) is 0 Å². The Bertz CT molecular complexity index is 498. The highest BCUT2D eigenvalue weighted by molar-refractivity contribution is 5.91. The summed E-state index contributed by atoms with van der Waals surface area (Å²) in [4.78, 5) is 17.1. The van der Waals surface area contributed by atoms with Crippen molar-refractivity contribution in [2.45, 2.75) is 32.7 Å². The third-order valence-corrected chi connectivity index (χ3v) is 5.64. The third-order valence-electron chi connectivity index (χ3n) is 5.64. The maximum absolute atomic E-state index is 12.0. The highest BCUT2D eigenvalue weighted by Gasteiger charge is 2.40. The maximum atomic E-state index is 12.0. The van der Waals surface area contributed by atoms with Gasteiger partial charge in [-0.05, 0) is 56.4 Å². The van der Waals surface area contributed by atoms with E-state index >= 15 is 0 Å². The topological polar surface area (TPSA) is 48.7 Å². The van der Waals surface area contributed by atoms with Crippen LogP contribution in [0.15, 0.2) is 22.8 Å². The summed E-state index contributed by atoms with van der Waals surface area (Å²) < 4.78 is 5.15. The van der Waals surface area contributed by atoms with Crippen LogP contribution < -0.4 is 5.32 Å². The van der Waals surface area contributed by atoms with Crippen LogP contribution in [0.2, 0.25) is 0 Å². The van der Waals surface area contributed by atoms with Crippen LogP contribution in [0.25, 0.3) is 0 Å². The summed E-state index contributed by atoms with van der Waals surface area (Å²) in [7, 11) is 0. The molecule has 1 N–H and O–H groups in total. The number of carbonyl (C=O) groups is 1. The molecule has 4 atom stereocenters. The van der Waals surface area contributed by atoms with Crippen molar-refractivity contribution in [2.75, 3.05) is 39.3 Å². The molecule has 1 amide bonds. The molecule has 0 radical (unpaired) electrons. The summed E-state index contributed by atoms with van der Waals surface area (Å²) >= 11 is 0. The van der Waals surface area contributed by atoms with Crippen LogP contribution in [0.5, 0.6) is 0 Å². The van der Waals surface area contributed by atoms with Gasteiger partial charge in [0.1, 0.15) is 0 Å². The third kappa shape index (κ3) is 3.78. The molecule has 0 aromatic carbocycles. The number of hydrogen-bond donors (Lipinski definition) is 1. The zero-order chi connectivity index (χ0) is 16.2.